The summed E-state index contributed by atoms with van der Waals surface area (Å²) >= 11 is 0. The molecule has 0 saturated carbocycles. The molecule has 0 aliphatic rings. The number of nitrogens with one attached hydrogen (secondary N) is 1. The van der Waals surface area contributed by atoms with Gasteiger partial charge in [-0.3, -0.25) is 14.9 Å². The summed E-state index contributed by atoms with van der Waals surface area (Å²) in [7, 11) is -3.47. The first-order valence-corrected chi connectivity index (χ1v) is 10.9. The minimum Gasteiger partial charge on any atom is -0.453 e. The zero-order chi connectivity index (χ0) is 23.6. The monoisotopic (exact) mass is 462 g/mol. The maximum absolute atomic E-state index is 14.1. The fraction of sp³-hybridized carbons (Fsp3) is 0.0952. The van der Waals surface area contributed by atoms with Crippen LogP contribution in [-0.4, -0.2) is 25.5 Å². The summed E-state index contributed by atoms with van der Waals surface area (Å²) < 4.78 is 56.4. The number of hydrogen-bond donors (Lipinski definition) is 1. The Kier molecular flexibility index (Phi) is 6.21. The summed E-state index contributed by atoms with van der Waals surface area (Å²) in [5, 5.41) is 13.9. The van der Waals surface area contributed by atoms with Crippen molar-refractivity contribution in [3.8, 4) is 22.6 Å². The van der Waals surface area contributed by atoms with Crippen molar-refractivity contribution >= 4 is 27.1 Å². The first-order chi connectivity index (χ1) is 15.0. The van der Waals surface area contributed by atoms with Crippen molar-refractivity contribution < 1.29 is 31.7 Å². The van der Waals surface area contributed by atoms with Gasteiger partial charge in [-0.2, -0.15) is 0 Å². The van der Waals surface area contributed by atoms with Crippen molar-refractivity contribution in [3.05, 3.63) is 76.3 Å². The minimum atomic E-state index is -3.47. The number of rotatable bonds is 6. The van der Waals surface area contributed by atoms with E-state index in [-0.39, 0.29) is 27.6 Å². The van der Waals surface area contributed by atoms with Gasteiger partial charge in [0.05, 0.1) is 15.9 Å². The lowest BCUT2D eigenvalue weighted by Gasteiger charge is -2.15. The lowest BCUT2D eigenvalue weighted by Crippen LogP contribution is -2.08. The molecule has 1 N–H and O–H groups in total. The Morgan fingerprint density at radius 2 is 1.69 bits per heavy atom. The molecular formula is C21H16F2N2O6S. The highest BCUT2D eigenvalue weighted by Crippen LogP contribution is 2.41. The fourth-order valence-corrected chi connectivity index (χ4v) is 3.51. The fourth-order valence-electron chi connectivity index (χ4n) is 2.88. The van der Waals surface area contributed by atoms with Gasteiger partial charge in [0.1, 0.15) is 17.3 Å². The van der Waals surface area contributed by atoms with Crippen molar-refractivity contribution in [2.75, 3.05) is 11.6 Å². The van der Waals surface area contributed by atoms with E-state index >= 15 is 0 Å². The van der Waals surface area contributed by atoms with Gasteiger partial charge in [-0.15, -0.1) is 0 Å². The number of halogens is 2. The van der Waals surface area contributed by atoms with E-state index in [4.69, 9.17) is 4.74 Å². The van der Waals surface area contributed by atoms with E-state index in [1.165, 1.54) is 37.3 Å². The van der Waals surface area contributed by atoms with E-state index < -0.39 is 38.0 Å². The summed E-state index contributed by atoms with van der Waals surface area (Å²) in [5.74, 6) is -2.98. The van der Waals surface area contributed by atoms with Crippen molar-refractivity contribution in [1.82, 2.24) is 0 Å². The van der Waals surface area contributed by atoms with Crippen LogP contribution >= 0.6 is 0 Å². The molecule has 0 fully saturated rings. The van der Waals surface area contributed by atoms with Gasteiger partial charge in [0.2, 0.25) is 5.91 Å². The zero-order valence-corrected chi connectivity index (χ0v) is 17.6. The van der Waals surface area contributed by atoms with E-state index in [0.717, 1.165) is 24.5 Å². The van der Waals surface area contributed by atoms with Crippen LogP contribution in [0.15, 0.2) is 59.5 Å². The number of nitro benzene ring substituents is 1. The Labute approximate surface area is 181 Å². The van der Waals surface area contributed by atoms with Gasteiger partial charge in [0.25, 0.3) is 5.69 Å². The van der Waals surface area contributed by atoms with Gasteiger partial charge in [0, 0.05) is 24.8 Å². The molecule has 0 radical (unpaired) electrons. The van der Waals surface area contributed by atoms with Crippen LogP contribution in [0.4, 0.5) is 20.2 Å². The highest BCUT2D eigenvalue weighted by Gasteiger charge is 2.22. The molecule has 0 atom stereocenters. The molecule has 3 rings (SSSR count). The maximum Gasteiger partial charge on any atom is 0.296 e. The molecule has 0 aromatic heterocycles. The molecule has 0 aliphatic carbocycles. The van der Waals surface area contributed by atoms with Gasteiger partial charge in [-0.1, -0.05) is 12.1 Å². The number of hydrogen-bond acceptors (Lipinski definition) is 6. The smallest absolute Gasteiger partial charge is 0.296 e. The van der Waals surface area contributed by atoms with E-state index in [2.05, 4.69) is 5.32 Å². The third kappa shape index (κ3) is 5.06. The molecular weight excluding hydrogens is 446 g/mol. The number of nitro groups is 1. The van der Waals surface area contributed by atoms with Gasteiger partial charge >= 0.3 is 0 Å². The number of amides is 1. The Bertz CT molecular complexity index is 1320. The zero-order valence-electron chi connectivity index (χ0n) is 16.8. The Morgan fingerprint density at radius 3 is 2.22 bits per heavy atom. The van der Waals surface area contributed by atoms with Crippen LogP contribution in [0.2, 0.25) is 0 Å². The van der Waals surface area contributed by atoms with Crippen LogP contribution in [0.25, 0.3) is 11.1 Å². The normalized spacial score (nSPS) is 11.1. The van der Waals surface area contributed by atoms with Crippen LogP contribution in [0.1, 0.15) is 6.92 Å². The highest BCUT2D eigenvalue weighted by atomic mass is 32.2. The van der Waals surface area contributed by atoms with E-state index in [1.54, 1.807) is 0 Å². The van der Waals surface area contributed by atoms with E-state index in [0.29, 0.717) is 11.6 Å². The topological polar surface area (TPSA) is 116 Å². The first kappa shape index (κ1) is 22.8. The van der Waals surface area contributed by atoms with Crippen molar-refractivity contribution in [1.29, 1.82) is 0 Å². The number of ether oxygens (including phenoxy) is 1. The van der Waals surface area contributed by atoms with Crippen LogP contribution in [0, 0.1) is 21.7 Å². The van der Waals surface area contributed by atoms with Gasteiger partial charge in [0.15, 0.2) is 21.4 Å². The molecule has 0 saturated heterocycles. The van der Waals surface area contributed by atoms with Crippen LogP contribution in [-0.2, 0) is 14.6 Å². The number of anilines is 1. The molecule has 8 nitrogen and oxygen atoms in total. The third-order valence-electron chi connectivity index (χ3n) is 4.31. The van der Waals surface area contributed by atoms with Gasteiger partial charge < -0.3 is 10.1 Å². The first-order valence-electron chi connectivity index (χ1n) is 8.99. The summed E-state index contributed by atoms with van der Waals surface area (Å²) in [5.41, 5.74) is -0.0922. The number of carbonyl (C=O) groups excluding carboxylic acids is 1. The molecule has 11 heteroatoms. The lowest BCUT2D eigenvalue weighted by atomic mass is 10.0. The second kappa shape index (κ2) is 8.71. The Hall–Kier alpha value is -3.86. The van der Waals surface area contributed by atoms with Crippen molar-refractivity contribution in [2.45, 2.75) is 11.8 Å². The van der Waals surface area contributed by atoms with Gasteiger partial charge in [-0.25, -0.2) is 17.2 Å². The lowest BCUT2D eigenvalue weighted by molar-refractivity contribution is -0.384. The Morgan fingerprint density at radius 1 is 1.03 bits per heavy atom. The molecule has 166 valence electrons. The average molecular weight is 462 g/mol. The minimum absolute atomic E-state index is 0.0392. The summed E-state index contributed by atoms with van der Waals surface area (Å²) in [6.07, 6.45) is 1.04. The number of carbonyl (C=O) groups is 1. The van der Waals surface area contributed by atoms with Crippen molar-refractivity contribution in [2.24, 2.45) is 0 Å². The van der Waals surface area contributed by atoms with Crippen molar-refractivity contribution in [3.63, 3.8) is 0 Å². The summed E-state index contributed by atoms with van der Waals surface area (Å²) in [6, 6.07) is 10.3. The predicted molar refractivity (Wildman–Crippen MR) is 112 cm³/mol. The molecule has 3 aromatic carbocycles. The predicted octanol–water partition coefficient (Wildman–Crippen LogP) is 4.69. The second-order valence-electron chi connectivity index (χ2n) is 6.78. The van der Waals surface area contributed by atoms with Crippen LogP contribution in [0.3, 0.4) is 0 Å². The molecule has 32 heavy (non-hydrogen) atoms. The van der Waals surface area contributed by atoms with Crippen LogP contribution in [0.5, 0.6) is 11.5 Å². The standard InChI is InChI=1S/C21H16F2N2O6S/c1-12(26)24-18-10-16(13-3-6-15(7-4-13)32(2,29)30)21(11-19(18)25(27)28)31-20-8-5-14(22)9-17(20)23/h3-11H,1-2H3,(H,24,26). The van der Waals surface area contributed by atoms with E-state index in [1.807, 2.05) is 0 Å². The molecule has 0 unspecified atom stereocenters. The van der Waals surface area contributed by atoms with Crippen LogP contribution < -0.4 is 10.1 Å². The third-order valence-corrected chi connectivity index (χ3v) is 5.44. The SMILES string of the molecule is CC(=O)Nc1cc(-c2ccc(S(C)(=O)=O)cc2)c(Oc2ccc(F)cc2F)cc1[N+](=O)[O-]. The number of nitrogens with zero attached hydrogens (tertiary/aromatic N) is 1. The van der Waals surface area contributed by atoms with Gasteiger partial charge in [-0.05, 0) is 35.9 Å². The summed E-state index contributed by atoms with van der Waals surface area (Å²) in [6.45, 7) is 1.17. The molecule has 0 spiro atoms. The summed E-state index contributed by atoms with van der Waals surface area (Å²) in [4.78, 5) is 22.3. The number of sulfone groups is 1. The molecule has 3 aromatic rings. The number of benzene rings is 3. The molecule has 0 bridgehead atoms. The molecule has 1 amide bonds. The maximum atomic E-state index is 14.1. The van der Waals surface area contributed by atoms with E-state index in [9.17, 15) is 32.1 Å². The largest absolute Gasteiger partial charge is 0.453 e. The Balaban J connectivity index is 2.21. The molecule has 0 heterocycles. The second-order valence-corrected chi connectivity index (χ2v) is 8.79. The highest BCUT2D eigenvalue weighted by molar-refractivity contribution is 7.90. The molecule has 0 aliphatic heterocycles. The average Bonchev–Trinajstić information content (AvgIpc) is 2.69. The quantitative estimate of drug-likeness (QED) is 0.420.